The summed E-state index contributed by atoms with van der Waals surface area (Å²) in [5, 5.41) is 7.47. The average Bonchev–Trinajstić information content (AvgIpc) is 3.38. The molecular weight excluding hydrogens is 412 g/mol. The largest absolute Gasteiger partial charge is 0.321 e. The number of carbonyl (C=O) groups excluding carboxylic acids is 1. The molecule has 1 amide bonds. The Bertz CT molecular complexity index is 1180. The van der Waals surface area contributed by atoms with Gasteiger partial charge in [-0.2, -0.15) is 9.40 Å². The van der Waals surface area contributed by atoms with Gasteiger partial charge >= 0.3 is 0 Å². The predicted octanol–water partition coefficient (Wildman–Crippen LogP) is 3.64. The van der Waals surface area contributed by atoms with Crippen LogP contribution >= 0.6 is 0 Å². The van der Waals surface area contributed by atoms with E-state index < -0.39 is 10.0 Å². The maximum absolute atomic E-state index is 13.0. The van der Waals surface area contributed by atoms with E-state index in [0.717, 1.165) is 36.2 Å². The third-order valence-corrected chi connectivity index (χ3v) is 7.67. The van der Waals surface area contributed by atoms with Crippen molar-refractivity contribution < 1.29 is 13.2 Å². The number of carbonyl (C=O) groups is 1. The minimum absolute atomic E-state index is 0.212. The van der Waals surface area contributed by atoms with Crippen molar-refractivity contribution in [2.75, 3.05) is 18.4 Å². The van der Waals surface area contributed by atoms with Gasteiger partial charge in [0.25, 0.3) is 5.91 Å². The summed E-state index contributed by atoms with van der Waals surface area (Å²) >= 11 is 0. The standard InChI is InChI=1S/C23H26N4O3S/c1-3-26(4-2)31(29,30)19-15-13-17(14-16-19)24-23(28)22-20-11-8-12-21(20)27(25-22)18-9-6-5-7-10-18/h5-7,9-10,13-16H,3-4,8,11-12H2,1-2H3,(H,24,28). The number of sulfonamides is 1. The molecule has 0 unspecified atom stereocenters. The maximum Gasteiger partial charge on any atom is 0.276 e. The highest BCUT2D eigenvalue weighted by Crippen LogP contribution is 2.28. The summed E-state index contributed by atoms with van der Waals surface area (Å²) in [5.74, 6) is -0.285. The fourth-order valence-corrected chi connectivity index (χ4v) is 5.47. The second kappa shape index (κ2) is 8.64. The van der Waals surface area contributed by atoms with Gasteiger partial charge in [-0.05, 0) is 55.7 Å². The van der Waals surface area contributed by atoms with E-state index in [1.807, 2.05) is 48.9 Å². The molecule has 1 heterocycles. The molecule has 162 valence electrons. The first-order chi connectivity index (χ1) is 15.0. The molecule has 0 atom stereocenters. The summed E-state index contributed by atoms with van der Waals surface area (Å²) in [6.45, 7) is 4.43. The van der Waals surface area contributed by atoms with Crippen molar-refractivity contribution in [3.63, 3.8) is 0 Å². The number of rotatable bonds is 7. The molecule has 0 bridgehead atoms. The number of nitrogens with one attached hydrogen (secondary N) is 1. The number of hydrogen-bond acceptors (Lipinski definition) is 4. The molecule has 8 heteroatoms. The Balaban J connectivity index is 1.57. The molecule has 1 N–H and O–H groups in total. The van der Waals surface area contributed by atoms with E-state index in [2.05, 4.69) is 10.4 Å². The van der Waals surface area contributed by atoms with E-state index in [1.165, 1.54) is 16.4 Å². The van der Waals surface area contributed by atoms with E-state index in [4.69, 9.17) is 0 Å². The van der Waals surface area contributed by atoms with Gasteiger partial charge < -0.3 is 5.32 Å². The van der Waals surface area contributed by atoms with Gasteiger partial charge in [0.05, 0.1) is 10.6 Å². The monoisotopic (exact) mass is 438 g/mol. The van der Waals surface area contributed by atoms with Crippen molar-refractivity contribution in [1.82, 2.24) is 14.1 Å². The van der Waals surface area contributed by atoms with Crippen LogP contribution < -0.4 is 5.32 Å². The lowest BCUT2D eigenvalue weighted by Gasteiger charge is -2.18. The van der Waals surface area contributed by atoms with Gasteiger partial charge in [0, 0.05) is 30.0 Å². The smallest absolute Gasteiger partial charge is 0.276 e. The fraction of sp³-hybridized carbons (Fsp3) is 0.304. The Morgan fingerprint density at radius 1 is 1.03 bits per heavy atom. The summed E-state index contributed by atoms with van der Waals surface area (Å²) in [4.78, 5) is 13.2. The molecule has 0 saturated heterocycles. The number of para-hydroxylation sites is 1. The van der Waals surface area contributed by atoms with Crippen molar-refractivity contribution in [3.05, 3.63) is 71.5 Å². The SMILES string of the molecule is CCN(CC)S(=O)(=O)c1ccc(NC(=O)c2nn(-c3ccccc3)c3c2CCC3)cc1. The van der Waals surface area contributed by atoms with E-state index in [1.54, 1.807) is 12.1 Å². The van der Waals surface area contributed by atoms with Gasteiger partial charge in [-0.25, -0.2) is 13.1 Å². The molecule has 1 aliphatic carbocycles. The molecule has 31 heavy (non-hydrogen) atoms. The first-order valence-corrected chi connectivity index (χ1v) is 12.0. The van der Waals surface area contributed by atoms with Crippen LogP contribution in [0, 0.1) is 0 Å². The molecule has 3 aromatic rings. The Morgan fingerprint density at radius 2 is 1.71 bits per heavy atom. The molecule has 1 aromatic heterocycles. The predicted molar refractivity (Wildman–Crippen MR) is 120 cm³/mol. The van der Waals surface area contributed by atoms with Gasteiger partial charge in [0.1, 0.15) is 0 Å². The molecule has 0 fully saturated rings. The second-order valence-electron chi connectivity index (χ2n) is 7.44. The Morgan fingerprint density at radius 3 is 2.35 bits per heavy atom. The summed E-state index contributed by atoms with van der Waals surface area (Å²) < 4.78 is 28.5. The molecule has 0 spiro atoms. The Kier molecular flexibility index (Phi) is 5.93. The highest BCUT2D eigenvalue weighted by Gasteiger charge is 2.27. The summed E-state index contributed by atoms with van der Waals surface area (Å²) in [7, 11) is -3.53. The third kappa shape index (κ3) is 4.00. The van der Waals surface area contributed by atoms with Crippen LogP contribution in [0.5, 0.6) is 0 Å². The van der Waals surface area contributed by atoms with Crippen molar-refractivity contribution in [1.29, 1.82) is 0 Å². The van der Waals surface area contributed by atoms with Crippen LogP contribution in [0.15, 0.2) is 59.5 Å². The number of fused-ring (bicyclic) bond motifs is 1. The summed E-state index contributed by atoms with van der Waals surface area (Å²) in [5.41, 5.74) is 3.96. The van der Waals surface area contributed by atoms with Crippen molar-refractivity contribution in [3.8, 4) is 5.69 Å². The van der Waals surface area contributed by atoms with Crippen LogP contribution in [0.3, 0.4) is 0 Å². The van der Waals surface area contributed by atoms with Gasteiger partial charge in [-0.15, -0.1) is 0 Å². The number of benzene rings is 2. The van der Waals surface area contributed by atoms with Crippen LogP contribution in [0.1, 0.15) is 42.0 Å². The topological polar surface area (TPSA) is 84.3 Å². The quantitative estimate of drug-likeness (QED) is 0.610. The van der Waals surface area contributed by atoms with Crippen molar-refractivity contribution in [2.24, 2.45) is 0 Å². The first-order valence-electron chi connectivity index (χ1n) is 10.5. The van der Waals surface area contributed by atoms with Crippen LogP contribution in [-0.4, -0.2) is 41.5 Å². The Hall–Kier alpha value is -2.97. The number of nitrogens with zero attached hydrogens (tertiary/aromatic N) is 3. The van der Waals surface area contributed by atoms with Crippen LogP contribution in [0.2, 0.25) is 0 Å². The number of aromatic nitrogens is 2. The molecule has 0 saturated carbocycles. The molecule has 2 aromatic carbocycles. The van der Waals surface area contributed by atoms with Crippen molar-refractivity contribution >= 4 is 21.6 Å². The van der Waals surface area contributed by atoms with Gasteiger partial charge in [0.15, 0.2) is 5.69 Å². The van der Waals surface area contributed by atoms with Crippen LogP contribution in [0.4, 0.5) is 5.69 Å². The normalized spacial score (nSPS) is 13.4. The highest BCUT2D eigenvalue weighted by molar-refractivity contribution is 7.89. The average molecular weight is 439 g/mol. The fourth-order valence-electron chi connectivity index (χ4n) is 4.02. The molecule has 0 radical (unpaired) electrons. The lowest BCUT2D eigenvalue weighted by atomic mass is 10.2. The van der Waals surface area contributed by atoms with E-state index in [-0.39, 0.29) is 10.8 Å². The summed E-state index contributed by atoms with van der Waals surface area (Å²) in [6, 6.07) is 16.1. The van der Waals surface area contributed by atoms with E-state index in [9.17, 15) is 13.2 Å². The molecular formula is C23H26N4O3S. The summed E-state index contributed by atoms with van der Waals surface area (Å²) in [6.07, 6.45) is 2.71. The van der Waals surface area contributed by atoms with E-state index >= 15 is 0 Å². The van der Waals surface area contributed by atoms with Gasteiger partial charge in [0.2, 0.25) is 10.0 Å². The molecule has 7 nitrogen and oxygen atoms in total. The van der Waals surface area contributed by atoms with Crippen molar-refractivity contribution in [2.45, 2.75) is 38.0 Å². The number of anilines is 1. The minimum atomic E-state index is -3.53. The first kappa shape index (κ1) is 21.3. The van der Waals surface area contributed by atoms with Gasteiger partial charge in [-0.3, -0.25) is 4.79 Å². The lowest BCUT2D eigenvalue weighted by Crippen LogP contribution is -2.30. The molecule has 1 aliphatic rings. The number of amides is 1. The second-order valence-corrected chi connectivity index (χ2v) is 9.38. The third-order valence-electron chi connectivity index (χ3n) is 5.60. The van der Waals surface area contributed by atoms with Gasteiger partial charge in [-0.1, -0.05) is 32.0 Å². The highest BCUT2D eigenvalue weighted by atomic mass is 32.2. The zero-order valence-electron chi connectivity index (χ0n) is 17.7. The minimum Gasteiger partial charge on any atom is -0.321 e. The molecule has 0 aliphatic heterocycles. The van der Waals surface area contributed by atoms with E-state index in [0.29, 0.717) is 24.5 Å². The Labute approximate surface area is 182 Å². The van der Waals surface area contributed by atoms with Crippen LogP contribution in [0.25, 0.3) is 5.69 Å². The zero-order chi connectivity index (χ0) is 22.0. The maximum atomic E-state index is 13.0. The van der Waals surface area contributed by atoms with Crippen LogP contribution in [-0.2, 0) is 22.9 Å². The zero-order valence-corrected chi connectivity index (χ0v) is 18.5. The molecule has 4 rings (SSSR count). The lowest BCUT2D eigenvalue weighted by molar-refractivity contribution is 0.102. The number of hydrogen-bond donors (Lipinski definition) is 1.